The molecule has 1 saturated heterocycles. The second-order valence-electron chi connectivity index (χ2n) is 4.97. The third-order valence-electron chi connectivity index (χ3n) is 3.68. The average Bonchev–Trinajstić information content (AvgIpc) is 2.33. The highest BCUT2D eigenvalue weighted by atomic mass is 35.5. The molecule has 1 saturated carbocycles. The topological polar surface area (TPSA) is 61.4 Å². The summed E-state index contributed by atoms with van der Waals surface area (Å²) < 4.78 is 0. The number of nitrogens with one attached hydrogen (secondary N) is 2. The Balaban J connectivity index is 0.00000144. The van der Waals surface area contributed by atoms with Crippen molar-refractivity contribution in [2.24, 2.45) is 0 Å². The number of halogens is 1. The van der Waals surface area contributed by atoms with Crippen LogP contribution in [-0.4, -0.2) is 35.7 Å². The number of aliphatic hydroxyl groups excluding tert-OH is 1. The molecule has 0 aromatic heterocycles. The molecule has 3 N–H and O–H groups in total. The van der Waals surface area contributed by atoms with Crippen molar-refractivity contribution in [1.29, 1.82) is 0 Å². The van der Waals surface area contributed by atoms with Crippen LogP contribution in [0.25, 0.3) is 0 Å². The van der Waals surface area contributed by atoms with Gasteiger partial charge in [0, 0.05) is 0 Å². The Morgan fingerprint density at radius 1 is 1.12 bits per heavy atom. The molecule has 1 aliphatic heterocycles. The molecule has 3 atom stereocenters. The fourth-order valence-electron chi connectivity index (χ4n) is 2.64. The molecular weight excluding hydrogens is 240 g/mol. The largest absolute Gasteiger partial charge is 0.391 e. The summed E-state index contributed by atoms with van der Waals surface area (Å²) in [4.78, 5) is 11.9. The van der Waals surface area contributed by atoms with Crippen LogP contribution >= 0.6 is 12.4 Å². The second-order valence-corrected chi connectivity index (χ2v) is 4.97. The number of carbonyl (C=O) groups is 1. The number of rotatable bonds is 2. The number of aliphatic hydroxyl groups is 1. The van der Waals surface area contributed by atoms with Crippen molar-refractivity contribution in [2.75, 3.05) is 6.54 Å². The smallest absolute Gasteiger partial charge is 0.237 e. The van der Waals surface area contributed by atoms with E-state index in [1.54, 1.807) is 0 Å². The number of carbonyl (C=O) groups excluding carboxylic acids is 1. The molecule has 2 fully saturated rings. The highest BCUT2D eigenvalue weighted by Gasteiger charge is 2.28. The minimum absolute atomic E-state index is 0. The fraction of sp³-hybridized carbons (Fsp3) is 0.917. The predicted octanol–water partition coefficient (Wildman–Crippen LogP) is 0.970. The molecule has 5 heteroatoms. The maximum absolute atomic E-state index is 11.9. The quantitative estimate of drug-likeness (QED) is 0.695. The van der Waals surface area contributed by atoms with Crippen molar-refractivity contribution >= 4 is 18.3 Å². The third kappa shape index (κ3) is 4.12. The summed E-state index contributed by atoms with van der Waals surface area (Å²) >= 11 is 0. The van der Waals surface area contributed by atoms with Gasteiger partial charge in [0.25, 0.3) is 0 Å². The Hall–Kier alpha value is -0.320. The summed E-state index contributed by atoms with van der Waals surface area (Å²) in [6.45, 7) is 0.936. The Morgan fingerprint density at radius 3 is 2.47 bits per heavy atom. The third-order valence-corrected chi connectivity index (χ3v) is 3.68. The van der Waals surface area contributed by atoms with Crippen molar-refractivity contribution in [3.8, 4) is 0 Å². The maximum Gasteiger partial charge on any atom is 0.237 e. The van der Waals surface area contributed by atoms with Crippen LogP contribution in [0.2, 0.25) is 0 Å². The molecule has 0 aromatic rings. The second kappa shape index (κ2) is 7.19. The molecule has 2 rings (SSSR count). The van der Waals surface area contributed by atoms with Gasteiger partial charge in [0.05, 0.1) is 18.2 Å². The molecule has 2 aliphatic rings. The molecule has 0 spiro atoms. The van der Waals surface area contributed by atoms with E-state index >= 15 is 0 Å². The van der Waals surface area contributed by atoms with Crippen LogP contribution in [0.4, 0.5) is 0 Å². The van der Waals surface area contributed by atoms with Crippen LogP contribution in [-0.2, 0) is 4.79 Å². The molecule has 100 valence electrons. The van der Waals surface area contributed by atoms with Crippen LogP contribution in [0.5, 0.6) is 0 Å². The van der Waals surface area contributed by atoms with Gasteiger partial charge in [-0.25, -0.2) is 0 Å². The molecule has 17 heavy (non-hydrogen) atoms. The number of piperidine rings is 1. The van der Waals surface area contributed by atoms with Gasteiger partial charge >= 0.3 is 0 Å². The van der Waals surface area contributed by atoms with E-state index in [0.29, 0.717) is 0 Å². The average molecular weight is 263 g/mol. The first-order valence-electron chi connectivity index (χ1n) is 6.49. The number of hydrogen-bond acceptors (Lipinski definition) is 3. The van der Waals surface area contributed by atoms with Crippen molar-refractivity contribution in [3.63, 3.8) is 0 Å². The van der Waals surface area contributed by atoms with Gasteiger partial charge in [-0.1, -0.05) is 19.3 Å². The standard InChI is InChI=1S/C12H22N2O2.ClH/c15-11-7-2-1-5-9(11)14-12(16)10-6-3-4-8-13-10;/h9-11,13,15H,1-8H2,(H,14,16);1H/t9-,10+,11-;/m1./s1. The zero-order chi connectivity index (χ0) is 11.4. The number of amides is 1. The lowest BCUT2D eigenvalue weighted by Crippen LogP contribution is -2.53. The van der Waals surface area contributed by atoms with Gasteiger partial charge in [-0.15, -0.1) is 12.4 Å². The Morgan fingerprint density at radius 2 is 1.82 bits per heavy atom. The maximum atomic E-state index is 11.9. The van der Waals surface area contributed by atoms with E-state index in [2.05, 4.69) is 10.6 Å². The van der Waals surface area contributed by atoms with E-state index in [9.17, 15) is 9.90 Å². The fourth-order valence-corrected chi connectivity index (χ4v) is 2.64. The molecule has 0 radical (unpaired) electrons. The first kappa shape index (κ1) is 14.7. The van der Waals surface area contributed by atoms with E-state index in [1.165, 1.54) is 0 Å². The normalized spacial score (nSPS) is 33.6. The van der Waals surface area contributed by atoms with Crippen LogP contribution < -0.4 is 10.6 Å². The lowest BCUT2D eigenvalue weighted by atomic mass is 9.92. The van der Waals surface area contributed by atoms with E-state index in [0.717, 1.165) is 51.5 Å². The monoisotopic (exact) mass is 262 g/mol. The zero-order valence-electron chi connectivity index (χ0n) is 10.2. The number of hydrogen-bond donors (Lipinski definition) is 3. The van der Waals surface area contributed by atoms with Gasteiger partial charge in [0.15, 0.2) is 0 Å². The van der Waals surface area contributed by atoms with Gasteiger partial charge < -0.3 is 15.7 Å². The van der Waals surface area contributed by atoms with Crippen LogP contribution in [0.3, 0.4) is 0 Å². The summed E-state index contributed by atoms with van der Waals surface area (Å²) in [5, 5.41) is 16.0. The lowest BCUT2D eigenvalue weighted by Gasteiger charge is -2.31. The summed E-state index contributed by atoms with van der Waals surface area (Å²) in [7, 11) is 0. The first-order valence-corrected chi connectivity index (χ1v) is 6.49. The SMILES string of the molecule is Cl.O=C(N[C@@H]1CCCC[C@H]1O)[C@@H]1CCCCN1. The van der Waals surface area contributed by atoms with Crippen LogP contribution in [0, 0.1) is 0 Å². The van der Waals surface area contributed by atoms with Crippen molar-refractivity contribution in [1.82, 2.24) is 10.6 Å². The Bertz CT molecular complexity index is 245. The Kier molecular flexibility index (Phi) is 6.23. The van der Waals surface area contributed by atoms with Crippen molar-refractivity contribution in [3.05, 3.63) is 0 Å². The van der Waals surface area contributed by atoms with E-state index < -0.39 is 0 Å². The van der Waals surface area contributed by atoms with E-state index in [1.807, 2.05) is 0 Å². The van der Waals surface area contributed by atoms with E-state index in [-0.39, 0.29) is 36.5 Å². The molecule has 1 heterocycles. The molecule has 0 unspecified atom stereocenters. The molecule has 0 bridgehead atoms. The van der Waals surface area contributed by atoms with Crippen LogP contribution in [0.1, 0.15) is 44.9 Å². The predicted molar refractivity (Wildman–Crippen MR) is 69.3 cm³/mol. The Labute approximate surface area is 109 Å². The summed E-state index contributed by atoms with van der Waals surface area (Å²) in [5.74, 6) is 0.0747. The first-order chi connectivity index (χ1) is 7.77. The zero-order valence-corrected chi connectivity index (χ0v) is 11.0. The molecule has 1 amide bonds. The minimum Gasteiger partial charge on any atom is -0.391 e. The molecule has 4 nitrogen and oxygen atoms in total. The van der Waals surface area contributed by atoms with Gasteiger partial charge in [0.1, 0.15) is 0 Å². The lowest BCUT2D eigenvalue weighted by molar-refractivity contribution is -0.125. The van der Waals surface area contributed by atoms with Crippen molar-refractivity contribution in [2.45, 2.75) is 63.1 Å². The highest BCUT2D eigenvalue weighted by Crippen LogP contribution is 2.18. The molecule has 1 aliphatic carbocycles. The molecule has 0 aromatic carbocycles. The van der Waals surface area contributed by atoms with Gasteiger partial charge in [-0.2, -0.15) is 0 Å². The summed E-state index contributed by atoms with van der Waals surface area (Å²) in [6, 6.07) is -0.0622. The van der Waals surface area contributed by atoms with Crippen LogP contribution in [0.15, 0.2) is 0 Å². The van der Waals surface area contributed by atoms with Gasteiger partial charge in [-0.3, -0.25) is 4.79 Å². The van der Waals surface area contributed by atoms with Crippen molar-refractivity contribution < 1.29 is 9.90 Å². The van der Waals surface area contributed by atoms with Gasteiger partial charge in [-0.05, 0) is 32.2 Å². The summed E-state index contributed by atoms with van der Waals surface area (Å²) in [6.07, 6.45) is 6.79. The van der Waals surface area contributed by atoms with Gasteiger partial charge in [0.2, 0.25) is 5.91 Å². The highest BCUT2D eigenvalue weighted by molar-refractivity contribution is 5.85. The summed E-state index contributed by atoms with van der Waals surface area (Å²) in [5.41, 5.74) is 0. The minimum atomic E-state index is -0.346. The molecular formula is C12H23ClN2O2. The van der Waals surface area contributed by atoms with E-state index in [4.69, 9.17) is 0 Å².